The molecule has 0 spiro atoms. The lowest BCUT2D eigenvalue weighted by Gasteiger charge is -2.16. The Morgan fingerprint density at radius 3 is 2.77 bits per heavy atom. The Kier molecular flexibility index (Phi) is 5.63. The van der Waals surface area contributed by atoms with Gasteiger partial charge in [-0.1, -0.05) is 35.3 Å². The van der Waals surface area contributed by atoms with Crippen molar-refractivity contribution < 1.29 is 0 Å². The maximum atomic E-state index is 6.18. The van der Waals surface area contributed by atoms with Gasteiger partial charge in [-0.15, -0.1) is 0 Å². The summed E-state index contributed by atoms with van der Waals surface area (Å²) in [6.45, 7) is 4.34. The topological polar surface area (TPSA) is 63.3 Å². The zero-order valence-corrected chi connectivity index (χ0v) is 14.0. The average Bonchev–Trinajstić information content (AvgIpc) is 2.45. The molecule has 1 aromatic heterocycles. The fourth-order valence-corrected chi connectivity index (χ4v) is 2.62. The fourth-order valence-electron chi connectivity index (χ4n) is 2.05. The van der Waals surface area contributed by atoms with E-state index in [1.54, 1.807) is 12.1 Å². The monoisotopic (exact) mass is 336 g/mol. The van der Waals surface area contributed by atoms with Crippen molar-refractivity contribution in [3.8, 4) is 0 Å². The van der Waals surface area contributed by atoms with E-state index in [1.165, 1.54) is 0 Å². The molecule has 0 aliphatic rings. The Hall–Kier alpha value is -1.78. The molecule has 2 rings (SSSR count). The van der Waals surface area contributed by atoms with E-state index in [0.29, 0.717) is 22.5 Å². The minimum absolute atomic E-state index is 0.0704. The predicted molar refractivity (Wildman–Crippen MR) is 92.3 cm³/mol. The molecule has 4 nitrogen and oxygen atoms in total. The first kappa shape index (κ1) is 16.6. The summed E-state index contributed by atoms with van der Waals surface area (Å²) in [5.74, 6) is 0.349. The Bertz CT molecular complexity index is 686. The number of hydrogen-bond acceptors (Lipinski definition) is 2. The molecule has 116 valence electrons. The largest absolute Gasteiger partial charge is 0.370 e. The molecule has 22 heavy (non-hydrogen) atoms. The van der Waals surface area contributed by atoms with E-state index in [2.05, 4.69) is 15.3 Å². The first-order valence-corrected chi connectivity index (χ1v) is 7.65. The highest BCUT2D eigenvalue weighted by Gasteiger charge is 2.10. The third-order valence-electron chi connectivity index (χ3n) is 3.15. The van der Waals surface area contributed by atoms with E-state index in [4.69, 9.17) is 28.9 Å². The highest BCUT2D eigenvalue weighted by atomic mass is 35.5. The molecule has 0 aliphatic heterocycles. The van der Waals surface area contributed by atoms with Crippen LogP contribution in [0.15, 0.2) is 41.4 Å². The molecule has 0 fully saturated rings. The summed E-state index contributed by atoms with van der Waals surface area (Å²) in [6.07, 6.45) is 0. The minimum Gasteiger partial charge on any atom is -0.370 e. The van der Waals surface area contributed by atoms with E-state index < -0.39 is 0 Å². The van der Waals surface area contributed by atoms with Crippen LogP contribution >= 0.6 is 23.2 Å². The van der Waals surface area contributed by atoms with E-state index in [1.807, 2.05) is 38.1 Å². The number of nitrogens with two attached hydrogens (primary N) is 1. The number of nitrogens with one attached hydrogen (secondary N) is 1. The standard InChI is InChI=1S/C16H18Cl2N4/c1-10-4-3-5-13(21-10)9-20-16(19)22-11(2)14-7-6-12(17)8-15(14)18/h3-8,11H,9H2,1-2H3,(H3,19,20,22). The molecule has 0 saturated carbocycles. The molecule has 1 aromatic carbocycles. The number of hydrogen-bond donors (Lipinski definition) is 2. The lowest BCUT2D eigenvalue weighted by molar-refractivity contribution is 0.707. The number of rotatable bonds is 4. The zero-order valence-electron chi connectivity index (χ0n) is 12.5. The van der Waals surface area contributed by atoms with Gasteiger partial charge >= 0.3 is 0 Å². The van der Waals surface area contributed by atoms with Crippen LogP contribution in [0, 0.1) is 6.92 Å². The van der Waals surface area contributed by atoms with Crippen LogP contribution in [0.25, 0.3) is 0 Å². The lowest BCUT2D eigenvalue weighted by Crippen LogP contribution is -2.34. The van der Waals surface area contributed by atoms with Crippen LogP contribution in [0.3, 0.4) is 0 Å². The molecule has 1 unspecified atom stereocenters. The Balaban J connectivity index is 2.01. The van der Waals surface area contributed by atoms with Gasteiger partial charge in [0.2, 0.25) is 0 Å². The highest BCUT2D eigenvalue weighted by molar-refractivity contribution is 6.35. The normalized spacial score (nSPS) is 13.0. The zero-order chi connectivity index (χ0) is 16.1. The van der Waals surface area contributed by atoms with Crippen molar-refractivity contribution in [1.82, 2.24) is 10.3 Å². The number of aliphatic imine (C=N–C) groups is 1. The van der Waals surface area contributed by atoms with Crippen LogP contribution in [0.1, 0.15) is 29.9 Å². The van der Waals surface area contributed by atoms with Gasteiger partial charge in [0.15, 0.2) is 5.96 Å². The first-order valence-electron chi connectivity index (χ1n) is 6.89. The third-order valence-corrected chi connectivity index (χ3v) is 3.71. The van der Waals surface area contributed by atoms with E-state index in [9.17, 15) is 0 Å². The van der Waals surface area contributed by atoms with Gasteiger partial charge in [-0.25, -0.2) is 4.99 Å². The third kappa shape index (κ3) is 4.61. The van der Waals surface area contributed by atoms with E-state index in [0.717, 1.165) is 17.0 Å². The Labute approximate surface area is 140 Å². The van der Waals surface area contributed by atoms with Gasteiger partial charge in [-0.05, 0) is 43.7 Å². The maximum Gasteiger partial charge on any atom is 0.189 e. The summed E-state index contributed by atoms with van der Waals surface area (Å²) in [4.78, 5) is 8.68. The first-order chi connectivity index (χ1) is 10.5. The number of nitrogens with zero attached hydrogens (tertiary/aromatic N) is 2. The fraction of sp³-hybridized carbons (Fsp3) is 0.250. The van der Waals surface area contributed by atoms with Crippen LogP contribution in [-0.2, 0) is 6.54 Å². The van der Waals surface area contributed by atoms with Gasteiger partial charge < -0.3 is 11.1 Å². The van der Waals surface area contributed by atoms with Crippen molar-refractivity contribution in [3.05, 3.63) is 63.4 Å². The van der Waals surface area contributed by atoms with Crippen LogP contribution in [0.5, 0.6) is 0 Å². The maximum absolute atomic E-state index is 6.18. The van der Waals surface area contributed by atoms with Gasteiger partial charge in [0.05, 0.1) is 18.3 Å². The van der Waals surface area contributed by atoms with Gasteiger partial charge in [0, 0.05) is 15.7 Å². The number of aromatic nitrogens is 1. The second kappa shape index (κ2) is 7.47. The van der Waals surface area contributed by atoms with Crippen molar-refractivity contribution in [2.24, 2.45) is 10.7 Å². The second-order valence-corrected chi connectivity index (χ2v) is 5.85. The van der Waals surface area contributed by atoms with Gasteiger partial charge in [-0.2, -0.15) is 0 Å². The highest BCUT2D eigenvalue weighted by Crippen LogP contribution is 2.25. The summed E-state index contributed by atoms with van der Waals surface area (Å²) in [5, 5.41) is 4.32. The van der Waals surface area contributed by atoms with Gasteiger partial charge in [0.25, 0.3) is 0 Å². The van der Waals surface area contributed by atoms with Crippen molar-refractivity contribution in [3.63, 3.8) is 0 Å². The number of aryl methyl sites for hydroxylation is 1. The number of benzene rings is 1. The molecule has 6 heteroatoms. The molecule has 1 heterocycles. The van der Waals surface area contributed by atoms with Gasteiger partial charge in [-0.3, -0.25) is 4.98 Å². The van der Waals surface area contributed by atoms with Crippen LogP contribution in [0.2, 0.25) is 10.0 Å². The average molecular weight is 337 g/mol. The number of pyridine rings is 1. The van der Waals surface area contributed by atoms with Crippen LogP contribution < -0.4 is 11.1 Å². The van der Waals surface area contributed by atoms with Crippen molar-refractivity contribution >= 4 is 29.2 Å². The molecule has 0 amide bonds. The number of halogens is 2. The molecular formula is C16H18Cl2N4. The summed E-state index contributed by atoms with van der Waals surface area (Å²) >= 11 is 12.1. The van der Waals surface area contributed by atoms with Crippen molar-refractivity contribution in [2.75, 3.05) is 0 Å². The summed E-state index contributed by atoms with van der Waals surface area (Å²) in [5.41, 5.74) is 8.67. The Morgan fingerprint density at radius 2 is 2.09 bits per heavy atom. The Morgan fingerprint density at radius 1 is 1.32 bits per heavy atom. The minimum atomic E-state index is -0.0704. The summed E-state index contributed by atoms with van der Waals surface area (Å²) in [6, 6.07) is 11.1. The lowest BCUT2D eigenvalue weighted by atomic mass is 10.1. The van der Waals surface area contributed by atoms with E-state index in [-0.39, 0.29) is 6.04 Å². The predicted octanol–water partition coefficient (Wildman–Crippen LogP) is 3.86. The number of guanidine groups is 1. The molecule has 0 saturated heterocycles. The molecule has 3 N–H and O–H groups in total. The summed E-state index contributed by atoms with van der Waals surface area (Å²) in [7, 11) is 0. The van der Waals surface area contributed by atoms with Crippen LogP contribution in [0.4, 0.5) is 0 Å². The smallest absolute Gasteiger partial charge is 0.189 e. The second-order valence-electron chi connectivity index (χ2n) is 5.00. The SMILES string of the molecule is Cc1cccc(CN=C(N)NC(C)c2ccc(Cl)cc2Cl)n1. The molecule has 1 atom stereocenters. The molecule has 0 bridgehead atoms. The van der Waals surface area contributed by atoms with Crippen LogP contribution in [-0.4, -0.2) is 10.9 Å². The van der Waals surface area contributed by atoms with Crippen molar-refractivity contribution in [1.29, 1.82) is 0 Å². The van der Waals surface area contributed by atoms with Gasteiger partial charge in [0.1, 0.15) is 0 Å². The quantitative estimate of drug-likeness (QED) is 0.658. The molecule has 0 radical (unpaired) electrons. The molecule has 2 aromatic rings. The summed E-state index contributed by atoms with van der Waals surface area (Å²) < 4.78 is 0. The molecule has 0 aliphatic carbocycles. The van der Waals surface area contributed by atoms with Crippen molar-refractivity contribution in [2.45, 2.75) is 26.4 Å². The molecular weight excluding hydrogens is 319 g/mol. The van der Waals surface area contributed by atoms with E-state index >= 15 is 0 Å².